The van der Waals surface area contributed by atoms with E-state index in [1.165, 1.54) is 6.07 Å². The number of phenols is 1. The molecule has 1 aromatic carbocycles. The Labute approximate surface area is 98.3 Å². The molecule has 0 fully saturated rings. The van der Waals surface area contributed by atoms with E-state index >= 15 is 0 Å². The Morgan fingerprint density at radius 3 is 2.71 bits per heavy atom. The Kier molecular flexibility index (Phi) is 3.95. The molecule has 0 aromatic heterocycles. The third kappa shape index (κ3) is 2.48. The number of halogens is 2. The maximum absolute atomic E-state index is 11.3. The summed E-state index contributed by atoms with van der Waals surface area (Å²) in [5.74, 6) is -0.640. The quantitative estimate of drug-likeness (QED) is 0.851. The number of carbonyl (C=O) groups excluding carboxylic acids is 1. The number of carbonyl (C=O) groups is 1. The predicted octanol–water partition coefficient (Wildman–Crippen LogP) is 3.09. The third-order valence-electron chi connectivity index (χ3n) is 1.52. The zero-order valence-electron chi connectivity index (χ0n) is 7.38. The third-order valence-corrected chi connectivity index (χ3v) is 2.59. The van der Waals surface area contributed by atoms with Crippen LogP contribution in [0.2, 0.25) is 0 Å². The maximum Gasteiger partial charge on any atom is 0.341 e. The highest BCUT2D eigenvalue weighted by atomic mass is 79.9. The minimum Gasteiger partial charge on any atom is -0.506 e. The van der Waals surface area contributed by atoms with Gasteiger partial charge in [-0.1, -0.05) is 15.9 Å². The van der Waals surface area contributed by atoms with E-state index in [2.05, 4.69) is 31.9 Å². The van der Waals surface area contributed by atoms with Gasteiger partial charge in [-0.25, -0.2) is 4.79 Å². The molecule has 0 aliphatic rings. The molecule has 0 atom stereocenters. The lowest BCUT2D eigenvalue weighted by Gasteiger charge is -2.06. The first kappa shape index (κ1) is 11.5. The molecule has 1 rings (SSSR count). The lowest BCUT2D eigenvalue weighted by Crippen LogP contribution is -2.05. The van der Waals surface area contributed by atoms with Gasteiger partial charge in [-0.05, 0) is 35.0 Å². The zero-order valence-corrected chi connectivity index (χ0v) is 10.6. The maximum atomic E-state index is 11.3. The van der Waals surface area contributed by atoms with Crippen LogP contribution in [0.25, 0.3) is 0 Å². The first-order valence-corrected chi connectivity index (χ1v) is 5.50. The molecule has 0 amide bonds. The average molecular weight is 324 g/mol. The molecule has 3 nitrogen and oxygen atoms in total. The summed E-state index contributed by atoms with van der Waals surface area (Å²) in [5, 5.41) is 9.55. The molecule has 0 aliphatic heterocycles. The van der Waals surface area contributed by atoms with Crippen molar-refractivity contribution in [2.24, 2.45) is 0 Å². The number of phenolic OH excluding ortho intramolecular Hbond substituents is 1. The molecular weight excluding hydrogens is 316 g/mol. The van der Waals surface area contributed by atoms with E-state index in [-0.39, 0.29) is 17.9 Å². The Morgan fingerprint density at radius 2 is 2.14 bits per heavy atom. The van der Waals surface area contributed by atoms with E-state index in [1.54, 1.807) is 13.0 Å². The summed E-state index contributed by atoms with van der Waals surface area (Å²) >= 11 is 6.35. The van der Waals surface area contributed by atoms with Crippen LogP contribution in [-0.2, 0) is 4.74 Å². The van der Waals surface area contributed by atoms with Gasteiger partial charge in [0.2, 0.25) is 0 Å². The van der Waals surface area contributed by atoms with Gasteiger partial charge in [-0.15, -0.1) is 0 Å². The van der Waals surface area contributed by atoms with Gasteiger partial charge in [0.05, 0.1) is 11.1 Å². The van der Waals surface area contributed by atoms with Gasteiger partial charge in [0.25, 0.3) is 0 Å². The molecule has 0 unspecified atom stereocenters. The summed E-state index contributed by atoms with van der Waals surface area (Å²) < 4.78 is 5.93. The van der Waals surface area contributed by atoms with Crippen LogP contribution in [0.1, 0.15) is 17.3 Å². The average Bonchev–Trinajstić information content (AvgIpc) is 2.11. The standard InChI is InChI=1S/C9H8Br2O3/c1-2-14-9(13)6-3-5(10)4-7(11)8(6)12/h3-4,12H,2H2,1H3. The van der Waals surface area contributed by atoms with Gasteiger partial charge in [0, 0.05) is 4.47 Å². The fourth-order valence-electron chi connectivity index (χ4n) is 0.930. The van der Waals surface area contributed by atoms with Crippen LogP contribution in [0.4, 0.5) is 0 Å². The number of rotatable bonds is 2. The van der Waals surface area contributed by atoms with Crippen LogP contribution in [0.5, 0.6) is 5.75 Å². The first-order valence-electron chi connectivity index (χ1n) is 3.91. The topological polar surface area (TPSA) is 46.5 Å². The highest BCUT2D eigenvalue weighted by Gasteiger charge is 2.15. The fraction of sp³-hybridized carbons (Fsp3) is 0.222. The minimum absolute atomic E-state index is 0.105. The van der Waals surface area contributed by atoms with Crippen LogP contribution in [0.15, 0.2) is 21.1 Å². The number of esters is 1. The van der Waals surface area contributed by atoms with Crippen LogP contribution >= 0.6 is 31.9 Å². The molecule has 76 valence electrons. The van der Waals surface area contributed by atoms with Crippen molar-refractivity contribution in [2.75, 3.05) is 6.61 Å². The van der Waals surface area contributed by atoms with Crippen molar-refractivity contribution in [3.63, 3.8) is 0 Å². The molecule has 0 saturated carbocycles. The summed E-state index contributed by atoms with van der Waals surface area (Å²) in [6.07, 6.45) is 0. The number of hydrogen-bond donors (Lipinski definition) is 1. The molecule has 5 heteroatoms. The summed E-state index contributed by atoms with van der Waals surface area (Å²) in [6, 6.07) is 3.16. The summed E-state index contributed by atoms with van der Waals surface area (Å²) in [7, 11) is 0. The first-order chi connectivity index (χ1) is 6.56. The van der Waals surface area contributed by atoms with Gasteiger partial charge in [0.15, 0.2) is 0 Å². The van der Waals surface area contributed by atoms with E-state index in [0.29, 0.717) is 8.95 Å². The largest absolute Gasteiger partial charge is 0.506 e. The smallest absolute Gasteiger partial charge is 0.341 e. The second kappa shape index (κ2) is 4.79. The lowest BCUT2D eigenvalue weighted by molar-refractivity contribution is 0.0523. The molecule has 14 heavy (non-hydrogen) atoms. The minimum atomic E-state index is -0.535. The monoisotopic (exact) mass is 322 g/mol. The van der Waals surface area contributed by atoms with Crippen LogP contribution < -0.4 is 0 Å². The molecule has 1 N–H and O–H groups in total. The normalized spacial score (nSPS) is 9.93. The molecular formula is C9H8Br2O3. The zero-order chi connectivity index (χ0) is 10.7. The molecule has 1 aromatic rings. The van der Waals surface area contributed by atoms with E-state index in [4.69, 9.17) is 4.74 Å². The van der Waals surface area contributed by atoms with Gasteiger partial charge in [0.1, 0.15) is 11.3 Å². The molecule has 0 bridgehead atoms. The van der Waals surface area contributed by atoms with Gasteiger partial charge in [-0.2, -0.15) is 0 Å². The van der Waals surface area contributed by atoms with E-state index in [9.17, 15) is 9.90 Å². The van der Waals surface area contributed by atoms with E-state index < -0.39 is 5.97 Å². The highest BCUT2D eigenvalue weighted by Crippen LogP contribution is 2.31. The Balaban J connectivity index is 3.13. The van der Waals surface area contributed by atoms with Crippen molar-refractivity contribution in [2.45, 2.75) is 6.92 Å². The highest BCUT2D eigenvalue weighted by molar-refractivity contribution is 9.11. The molecule has 0 radical (unpaired) electrons. The molecule has 0 spiro atoms. The molecule has 0 saturated heterocycles. The Morgan fingerprint density at radius 1 is 1.50 bits per heavy atom. The fourth-order valence-corrected chi connectivity index (χ4v) is 2.16. The predicted molar refractivity (Wildman–Crippen MR) is 59.5 cm³/mol. The van der Waals surface area contributed by atoms with Crippen LogP contribution in [0.3, 0.4) is 0 Å². The number of benzene rings is 1. The second-order valence-electron chi connectivity index (χ2n) is 2.50. The van der Waals surface area contributed by atoms with Gasteiger partial charge in [-0.3, -0.25) is 0 Å². The Bertz CT molecular complexity index is 363. The van der Waals surface area contributed by atoms with Crippen LogP contribution in [0, 0.1) is 0 Å². The van der Waals surface area contributed by atoms with Crippen molar-refractivity contribution in [1.29, 1.82) is 0 Å². The number of hydrogen-bond acceptors (Lipinski definition) is 3. The number of aromatic hydroxyl groups is 1. The molecule has 0 heterocycles. The van der Waals surface area contributed by atoms with Crippen molar-refractivity contribution in [1.82, 2.24) is 0 Å². The van der Waals surface area contributed by atoms with Gasteiger partial charge < -0.3 is 9.84 Å². The van der Waals surface area contributed by atoms with Crippen molar-refractivity contribution in [3.8, 4) is 5.75 Å². The lowest BCUT2D eigenvalue weighted by atomic mass is 10.2. The van der Waals surface area contributed by atoms with E-state index in [1.807, 2.05) is 0 Å². The molecule has 0 aliphatic carbocycles. The SMILES string of the molecule is CCOC(=O)c1cc(Br)cc(Br)c1O. The summed E-state index contributed by atoms with van der Waals surface area (Å²) in [5.41, 5.74) is 0.146. The Hall–Kier alpha value is -0.550. The van der Waals surface area contributed by atoms with Crippen molar-refractivity contribution < 1.29 is 14.6 Å². The second-order valence-corrected chi connectivity index (χ2v) is 4.27. The van der Waals surface area contributed by atoms with E-state index in [0.717, 1.165) is 0 Å². The van der Waals surface area contributed by atoms with Gasteiger partial charge >= 0.3 is 5.97 Å². The summed E-state index contributed by atoms with van der Waals surface area (Å²) in [4.78, 5) is 11.3. The number of ether oxygens (including phenoxy) is 1. The van der Waals surface area contributed by atoms with Crippen molar-refractivity contribution in [3.05, 3.63) is 26.6 Å². The summed E-state index contributed by atoms with van der Waals surface area (Å²) in [6.45, 7) is 1.99. The van der Waals surface area contributed by atoms with Crippen molar-refractivity contribution >= 4 is 37.8 Å². The van der Waals surface area contributed by atoms with Crippen LogP contribution in [-0.4, -0.2) is 17.7 Å².